The maximum absolute atomic E-state index is 13.4. The second-order valence-corrected chi connectivity index (χ2v) is 10.7. The summed E-state index contributed by atoms with van der Waals surface area (Å²) in [5.41, 5.74) is 5.25. The van der Waals surface area contributed by atoms with E-state index in [9.17, 15) is 9.59 Å². The Morgan fingerprint density at radius 1 is 1.16 bits per heavy atom. The zero-order valence-electron chi connectivity index (χ0n) is 18.8. The molecule has 1 aromatic carbocycles. The molecule has 0 radical (unpaired) electrons. The Morgan fingerprint density at radius 3 is 2.45 bits per heavy atom. The maximum atomic E-state index is 13.4. The van der Waals surface area contributed by atoms with Crippen LogP contribution in [0, 0.1) is 34.6 Å². The van der Waals surface area contributed by atoms with Crippen molar-refractivity contribution < 1.29 is 4.79 Å². The SMILES string of the molecule is Cc1cc(C)c(NC(=O)CSc2nc3sc(C)c(C)c3c(=O)n2C2CCCC2)c(C)c1. The molecule has 0 spiro atoms. The molecule has 1 aliphatic rings. The lowest BCUT2D eigenvalue weighted by molar-refractivity contribution is -0.113. The van der Waals surface area contributed by atoms with Crippen molar-refractivity contribution in [1.82, 2.24) is 9.55 Å². The van der Waals surface area contributed by atoms with Crippen LogP contribution in [0.4, 0.5) is 5.69 Å². The number of carbonyl (C=O) groups excluding carboxylic acids is 1. The maximum Gasteiger partial charge on any atom is 0.263 e. The van der Waals surface area contributed by atoms with Crippen LogP contribution in [0.15, 0.2) is 22.1 Å². The highest BCUT2D eigenvalue weighted by Gasteiger charge is 2.25. The quantitative estimate of drug-likeness (QED) is 0.387. The number of nitrogens with one attached hydrogen (secondary N) is 1. The molecule has 1 saturated carbocycles. The van der Waals surface area contributed by atoms with Crippen LogP contribution in [0.5, 0.6) is 0 Å². The Hall–Kier alpha value is -2.12. The zero-order valence-corrected chi connectivity index (χ0v) is 20.4. The molecule has 0 atom stereocenters. The summed E-state index contributed by atoms with van der Waals surface area (Å²) in [5, 5.41) is 4.47. The van der Waals surface area contributed by atoms with Gasteiger partial charge in [-0.25, -0.2) is 4.98 Å². The molecule has 7 heteroatoms. The second-order valence-electron chi connectivity index (χ2n) is 8.58. The molecule has 0 bridgehead atoms. The van der Waals surface area contributed by atoms with Gasteiger partial charge in [-0.2, -0.15) is 0 Å². The first kappa shape index (κ1) is 22.1. The number of amides is 1. The van der Waals surface area contributed by atoms with Gasteiger partial charge >= 0.3 is 0 Å². The number of thiophene rings is 1. The monoisotopic (exact) mass is 455 g/mol. The lowest BCUT2D eigenvalue weighted by Gasteiger charge is -2.18. The summed E-state index contributed by atoms with van der Waals surface area (Å²) in [6.07, 6.45) is 4.26. The van der Waals surface area contributed by atoms with Crippen LogP contribution in [0.3, 0.4) is 0 Å². The van der Waals surface area contributed by atoms with Crippen molar-refractivity contribution in [2.45, 2.75) is 71.5 Å². The van der Waals surface area contributed by atoms with Crippen LogP contribution in [-0.2, 0) is 4.79 Å². The molecular formula is C24H29N3O2S2. The topological polar surface area (TPSA) is 64.0 Å². The van der Waals surface area contributed by atoms with Gasteiger partial charge in [0, 0.05) is 16.6 Å². The molecule has 0 aliphatic heterocycles. The molecule has 5 nitrogen and oxygen atoms in total. The third-order valence-electron chi connectivity index (χ3n) is 6.17. The first-order valence-electron chi connectivity index (χ1n) is 10.8. The third-order valence-corrected chi connectivity index (χ3v) is 8.22. The van der Waals surface area contributed by atoms with E-state index in [1.165, 1.54) is 17.3 Å². The summed E-state index contributed by atoms with van der Waals surface area (Å²) in [6, 6.07) is 4.32. The number of hydrogen-bond acceptors (Lipinski definition) is 5. The van der Waals surface area contributed by atoms with E-state index >= 15 is 0 Å². The van der Waals surface area contributed by atoms with Gasteiger partial charge in [-0.3, -0.25) is 14.2 Å². The lowest BCUT2D eigenvalue weighted by Crippen LogP contribution is -2.27. The molecule has 2 aromatic heterocycles. The second kappa shape index (κ2) is 8.79. The average Bonchev–Trinajstić information content (AvgIpc) is 3.31. The van der Waals surface area contributed by atoms with Crippen LogP contribution < -0.4 is 10.9 Å². The van der Waals surface area contributed by atoms with Crippen molar-refractivity contribution in [3.05, 3.63) is 49.6 Å². The summed E-state index contributed by atoms with van der Waals surface area (Å²) < 4.78 is 1.87. The minimum Gasteiger partial charge on any atom is -0.325 e. The van der Waals surface area contributed by atoms with Gasteiger partial charge in [0.1, 0.15) is 4.83 Å². The molecular weight excluding hydrogens is 426 g/mol. The number of benzene rings is 1. The number of fused-ring (bicyclic) bond motifs is 1. The Labute approximate surface area is 191 Å². The summed E-state index contributed by atoms with van der Waals surface area (Å²) >= 11 is 2.93. The molecule has 4 rings (SSSR count). The zero-order chi connectivity index (χ0) is 22.3. The average molecular weight is 456 g/mol. The van der Waals surface area contributed by atoms with Gasteiger partial charge in [0.25, 0.3) is 5.56 Å². The Kier molecular flexibility index (Phi) is 6.26. The summed E-state index contributed by atoms with van der Waals surface area (Å²) in [6.45, 7) is 10.1. The number of carbonyl (C=O) groups is 1. The minimum atomic E-state index is -0.0779. The van der Waals surface area contributed by atoms with E-state index in [0.29, 0.717) is 5.16 Å². The Bertz CT molecular complexity index is 1200. The lowest BCUT2D eigenvalue weighted by atomic mass is 10.1. The molecule has 0 unspecified atom stereocenters. The highest BCUT2D eigenvalue weighted by Crippen LogP contribution is 2.34. The van der Waals surface area contributed by atoms with Gasteiger partial charge in [0.05, 0.1) is 11.1 Å². The van der Waals surface area contributed by atoms with Crippen molar-refractivity contribution in [3.8, 4) is 0 Å². The van der Waals surface area contributed by atoms with Crippen LogP contribution in [0.2, 0.25) is 0 Å². The van der Waals surface area contributed by atoms with Crippen LogP contribution in [0.1, 0.15) is 58.9 Å². The molecule has 1 fully saturated rings. The normalized spacial score (nSPS) is 14.5. The molecule has 0 saturated heterocycles. The van der Waals surface area contributed by atoms with E-state index in [2.05, 4.69) is 24.4 Å². The number of hydrogen-bond donors (Lipinski definition) is 1. The van der Waals surface area contributed by atoms with E-state index in [1.54, 1.807) is 11.3 Å². The number of rotatable bonds is 5. The highest BCUT2D eigenvalue weighted by atomic mass is 32.2. The van der Waals surface area contributed by atoms with E-state index in [4.69, 9.17) is 4.98 Å². The fraction of sp³-hybridized carbons (Fsp3) is 0.458. The Balaban J connectivity index is 1.63. The van der Waals surface area contributed by atoms with Crippen LogP contribution in [0.25, 0.3) is 10.2 Å². The smallest absolute Gasteiger partial charge is 0.263 e. The van der Waals surface area contributed by atoms with Crippen molar-refractivity contribution >= 4 is 44.9 Å². The highest BCUT2D eigenvalue weighted by molar-refractivity contribution is 7.99. The molecule has 3 aromatic rings. The van der Waals surface area contributed by atoms with Crippen molar-refractivity contribution in [2.24, 2.45) is 0 Å². The van der Waals surface area contributed by atoms with E-state index in [-0.39, 0.29) is 23.3 Å². The van der Waals surface area contributed by atoms with Crippen molar-refractivity contribution in [2.75, 3.05) is 11.1 Å². The fourth-order valence-electron chi connectivity index (χ4n) is 4.56. The van der Waals surface area contributed by atoms with Crippen LogP contribution >= 0.6 is 23.1 Å². The summed E-state index contributed by atoms with van der Waals surface area (Å²) in [4.78, 5) is 33.0. The van der Waals surface area contributed by atoms with E-state index in [1.807, 2.05) is 32.3 Å². The molecule has 164 valence electrons. The number of aromatic nitrogens is 2. The molecule has 31 heavy (non-hydrogen) atoms. The van der Waals surface area contributed by atoms with Crippen molar-refractivity contribution in [1.29, 1.82) is 0 Å². The predicted molar refractivity (Wildman–Crippen MR) is 131 cm³/mol. The third kappa shape index (κ3) is 4.30. The van der Waals surface area contributed by atoms with Gasteiger partial charge < -0.3 is 5.32 Å². The molecule has 1 aliphatic carbocycles. The number of thioether (sulfide) groups is 1. The van der Waals surface area contributed by atoms with Gasteiger partial charge in [0.15, 0.2) is 5.16 Å². The first-order valence-corrected chi connectivity index (χ1v) is 12.6. The van der Waals surface area contributed by atoms with Gasteiger partial charge in [-0.1, -0.05) is 42.3 Å². The fourth-order valence-corrected chi connectivity index (χ4v) is 6.49. The number of anilines is 1. The van der Waals surface area contributed by atoms with Crippen molar-refractivity contribution in [3.63, 3.8) is 0 Å². The summed E-state index contributed by atoms with van der Waals surface area (Å²) in [5.74, 6) is 0.145. The van der Waals surface area contributed by atoms with Gasteiger partial charge in [-0.05, 0) is 64.2 Å². The first-order chi connectivity index (χ1) is 14.8. The molecule has 1 N–H and O–H groups in total. The van der Waals surface area contributed by atoms with E-state index < -0.39 is 0 Å². The minimum absolute atomic E-state index is 0.0480. The van der Waals surface area contributed by atoms with E-state index in [0.717, 1.165) is 63.2 Å². The van der Waals surface area contributed by atoms with Gasteiger partial charge in [-0.15, -0.1) is 11.3 Å². The molecule has 1 amide bonds. The molecule has 2 heterocycles. The Morgan fingerprint density at radius 2 is 1.81 bits per heavy atom. The van der Waals surface area contributed by atoms with Gasteiger partial charge in [0.2, 0.25) is 5.91 Å². The number of nitrogens with zero attached hydrogens (tertiary/aromatic N) is 2. The van der Waals surface area contributed by atoms with Crippen LogP contribution in [-0.4, -0.2) is 21.2 Å². The predicted octanol–water partition coefficient (Wildman–Crippen LogP) is 5.85. The summed E-state index contributed by atoms with van der Waals surface area (Å²) in [7, 11) is 0. The largest absolute Gasteiger partial charge is 0.325 e. The standard InChI is InChI=1S/C24H29N3O2S2/c1-13-10-14(2)21(15(3)11-13)25-19(28)12-30-24-26-22-20(16(4)17(5)31-22)23(29)27(24)18-8-6-7-9-18/h10-11,18H,6-9,12H2,1-5H3,(H,25,28). The number of aryl methyl sites for hydroxylation is 5.